The van der Waals surface area contributed by atoms with Gasteiger partial charge in [-0.25, -0.2) is 0 Å². The molecular formula is C20H32ClN. The van der Waals surface area contributed by atoms with E-state index < -0.39 is 0 Å². The van der Waals surface area contributed by atoms with Crippen LogP contribution in [0.4, 0.5) is 0 Å². The Labute approximate surface area is 141 Å². The number of alkyl halides is 1. The zero-order valence-electron chi connectivity index (χ0n) is 14.0. The largest absolute Gasteiger partial charge is 0.303 e. The monoisotopic (exact) mass is 321 g/mol. The van der Waals surface area contributed by atoms with Crippen molar-refractivity contribution in [1.29, 1.82) is 0 Å². The molecule has 0 spiro atoms. The summed E-state index contributed by atoms with van der Waals surface area (Å²) in [5.74, 6) is 6.02. The van der Waals surface area contributed by atoms with Crippen molar-refractivity contribution in [3.8, 4) is 0 Å². The van der Waals surface area contributed by atoms with Gasteiger partial charge >= 0.3 is 0 Å². The molecule has 0 aromatic rings. The molecule has 124 valence electrons. The summed E-state index contributed by atoms with van der Waals surface area (Å²) in [5.41, 5.74) is 0. The quantitative estimate of drug-likeness (QED) is 0.666. The average Bonchev–Trinajstić information content (AvgIpc) is 2.77. The van der Waals surface area contributed by atoms with Crippen LogP contribution in [-0.2, 0) is 0 Å². The van der Waals surface area contributed by atoms with E-state index in [4.69, 9.17) is 11.6 Å². The van der Waals surface area contributed by atoms with Crippen molar-refractivity contribution in [2.45, 2.75) is 69.1 Å². The molecule has 6 bridgehead atoms. The van der Waals surface area contributed by atoms with E-state index in [1.807, 2.05) is 0 Å². The zero-order chi connectivity index (χ0) is 14.7. The molecular weight excluding hydrogens is 290 g/mol. The molecule has 0 amide bonds. The number of nitrogens with zero attached hydrogens (tertiary/aromatic N) is 1. The van der Waals surface area contributed by atoms with Gasteiger partial charge in [0, 0.05) is 18.0 Å². The molecule has 2 aliphatic heterocycles. The van der Waals surface area contributed by atoms with Crippen molar-refractivity contribution in [3.05, 3.63) is 0 Å². The highest BCUT2D eigenvalue weighted by Crippen LogP contribution is 2.61. The van der Waals surface area contributed by atoms with Gasteiger partial charge in [-0.15, -0.1) is 11.6 Å². The van der Waals surface area contributed by atoms with Crippen LogP contribution in [0.5, 0.6) is 0 Å². The molecule has 5 saturated carbocycles. The summed E-state index contributed by atoms with van der Waals surface area (Å²) in [5, 5.41) is 0. The molecule has 0 N–H and O–H groups in total. The van der Waals surface area contributed by atoms with Gasteiger partial charge in [-0.3, -0.25) is 0 Å². The molecule has 0 aromatic carbocycles. The van der Waals surface area contributed by atoms with Gasteiger partial charge < -0.3 is 4.90 Å². The molecule has 2 unspecified atom stereocenters. The third-order valence-corrected chi connectivity index (χ3v) is 8.63. The minimum atomic E-state index is 0.231. The predicted molar refractivity (Wildman–Crippen MR) is 92.1 cm³/mol. The highest BCUT2D eigenvalue weighted by Gasteiger charge is 2.54. The van der Waals surface area contributed by atoms with Gasteiger partial charge in [-0.1, -0.05) is 0 Å². The van der Waals surface area contributed by atoms with Crippen LogP contribution in [0.2, 0.25) is 0 Å². The Morgan fingerprint density at radius 2 is 1.41 bits per heavy atom. The molecule has 2 atom stereocenters. The SMILES string of the molecule is ClC12CC3CC(C1)C(CCN1CC4CCC(CC4)C1)C(C3)C2. The van der Waals surface area contributed by atoms with E-state index in [0.29, 0.717) is 0 Å². The van der Waals surface area contributed by atoms with Gasteiger partial charge in [0.2, 0.25) is 0 Å². The van der Waals surface area contributed by atoms with E-state index in [-0.39, 0.29) is 4.87 Å². The van der Waals surface area contributed by atoms with Crippen LogP contribution in [0, 0.1) is 35.5 Å². The lowest BCUT2D eigenvalue weighted by molar-refractivity contribution is -0.0309. The summed E-state index contributed by atoms with van der Waals surface area (Å²) >= 11 is 6.90. The highest BCUT2D eigenvalue weighted by molar-refractivity contribution is 6.24. The van der Waals surface area contributed by atoms with Gasteiger partial charge in [0.25, 0.3) is 0 Å². The predicted octanol–water partition coefficient (Wildman–Crippen LogP) is 4.93. The molecule has 2 heteroatoms. The van der Waals surface area contributed by atoms with Crippen LogP contribution in [0.3, 0.4) is 0 Å². The number of fused-ring (bicyclic) bond motifs is 4. The summed E-state index contributed by atoms with van der Waals surface area (Å²) in [6.45, 7) is 4.23. The van der Waals surface area contributed by atoms with E-state index in [9.17, 15) is 0 Å². The van der Waals surface area contributed by atoms with Crippen LogP contribution >= 0.6 is 11.6 Å². The lowest BCUT2D eigenvalue weighted by atomic mass is 9.51. The lowest BCUT2D eigenvalue weighted by Gasteiger charge is -2.58. The van der Waals surface area contributed by atoms with Gasteiger partial charge in [0.15, 0.2) is 0 Å². The van der Waals surface area contributed by atoms with Crippen molar-refractivity contribution in [2.75, 3.05) is 19.6 Å². The Bertz CT molecular complexity index is 397. The standard InChI is InChI=1S/C20H32ClN/c21-20-9-16-7-17(10-20)19(18(8-16)11-20)5-6-22-12-14-1-2-15(13-22)4-3-14/h14-19H,1-13H2. The molecule has 1 nitrogen and oxygen atoms in total. The van der Waals surface area contributed by atoms with Gasteiger partial charge in [-0.05, 0) is 106 Å². The molecule has 7 rings (SSSR count). The first-order chi connectivity index (χ1) is 10.7. The van der Waals surface area contributed by atoms with Gasteiger partial charge in [0.1, 0.15) is 0 Å². The fourth-order valence-corrected chi connectivity index (χ4v) is 8.03. The summed E-state index contributed by atoms with van der Waals surface area (Å²) in [6, 6.07) is 0. The van der Waals surface area contributed by atoms with Crippen LogP contribution in [0.1, 0.15) is 64.2 Å². The van der Waals surface area contributed by atoms with E-state index >= 15 is 0 Å². The molecule has 2 saturated heterocycles. The second kappa shape index (κ2) is 5.38. The van der Waals surface area contributed by atoms with Crippen molar-refractivity contribution >= 4 is 11.6 Å². The van der Waals surface area contributed by atoms with Crippen molar-refractivity contribution in [1.82, 2.24) is 4.90 Å². The van der Waals surface area contributed by atoms with E-state index in [2.05, 4.69) is 4.90 Å². The molecule has 7 aliphatic rings. The van der Waals surface area contributed by atoms with E-state index in [1.165, 1.54) is 83.8 Å². The van der Waals surface area contributed by atoms with Crippen LogP contribution < -0.4 is 0 Å². The molecule has 7 fully saturated rings. The lowest BCUT2D eigenvalue weighted by Crippen LogP contribution is -2.52. The maximum Gasteiger partial charge on any atom is 0.0455 e. The average molecular weight is 322 g/mol. The fraction of sp³-hybridized carbons (Fsp3) is 1.00. The number of hydrogen-bond donors (Lipinski definition) is 0. The number of hydrogen-bond acceptors (Lipinski definition) is 1. The summed E-state index contributed by atoms with van der Waals surface area (Å²) in [4.78, 5) is 3.09. The Hall–Kier alpha value is 0.250. The van der Waals surface area contributed by atoms with Gasteiger partial charge in [-0.2, -0.15) is 0 Å². The molecule has 2 heterocycles. The minimum absolute atomic E-state index is 0.231. The Morgan fingerprint density at radius 3 is 1.95 bits per heavy atom. The molecule has 5 aliphatic carbocycles. The number of rotatable bonds is 3. The van der Waals surface area contributed by atoms with E-state index in [0.717, 1.165) is 35.5 Å². The second-order valence-electron chi connectivity index (χ2n) is 9.72. The van der Waals surface area contributed by atoms with Crippen molar-refractivity contribution < 1.29 is 0 Å². The molecule has 0 aromatic heterocycles. The smallest absolute Gasteiger partial charge is 0.0455 e. The van der Waals surface area contributed by atoms with E-state index in [1.54, 1.807) is 0 Å². The Kier molecular flexibility index (Phi) is 3.56. The second-order valence-corrected chi connectivity index (χ2v) is 10.5. The van der Waals surface area contributed by atoms with Crippen molar-refractivity contribution in [2.24, 2.45) is 35.5 Å². The highest BCUT2D eigenvalue weighted by atomic mass is 35.5. The van der Waals surface area contributed by atoms with Gasteiger partial charge in [0.05, 0.1) is 0 Å². The molecule has 22 heavy (non-hydrogen) atoms. The zero-order valence-corrected chi connectivity index (χ0v) is 14.7. The van der Waals surface area contributed by atoms with Crippen LogP contribution in [-0.4, -0.2) is 29.4 Å². The maximum absolute atomic E-state index is 6.90. The normalized spacial score (nSPS) is 53.9. The third-order valence-electron chi connectivity index (χ3n) is 8.17. The Balaban J connectivity index is 1.22. The first-order valence-electron chi connectivity index (χ1n) is 10.1. The summed E-state index contributed by atoms with van der Waals surface area (Å²) < 4.78 is 0. The summed E-state index contributed by atoms with van der Waals surface area (Å²) in [6.07, 6.45) is 14.6. The van der Waals surface area contributed by atoms with Crippen molar-refractivity contribution in [3.63, 3.8) is 0 Å². The molecule has 0 radical (unpaired) electrons. The minimum Gasteiger partial charge on any atom is -0.303 e. The fourth-order valence-electron chi connectivity index (χ4n) is 7.42. The first kappa shape index (κ1) is 14.6. The number of halogens is 1. The summed E-state index contributed by atoms with van der Waals surface area (Å²) in [7, 11) is 0. The van der Waals surface area contributed by atoms with Crippen LogP contribution in [0.25, 0.3) is 0 Å². The topological polar surface area (TPSA) is 3.24 Å². The third kappa shape index (κ3) is 2.55. The first-order valence-corrected chi connectivity index (χ1v) is 10.5. The van der Waals surface area contributed by atoms with Crippen LogP contribution in [0.15, 0.2) is 0 Å². The maximum atomic E-state index is 6.90. The Morgan fingerprint density at radius 1 is 0.818 bits per heavy atom.